The van der Waals surface area contributed by atoms with Gasteiger partial charge in [-0.05, 0) is 32.9 Å². The Morgan fingerprint density at radius 3 is 2.55 bits per heavy atom. The summed E-state index contributed by atoms with van der Waals surface area (Å²) in [5.74, 6) is -0.0431. The molecule has 8 heteroatoms. The van der Waals surface area contributed by atoms with Gasteiger partial charge in [0.2, 0.25) is 0 Å². The molecule has 3 rings (SSSR count). The number of nitrogens with one attached hydrogen (secondary N) is 1. The molecule has 1 atom stereocenters. The van der Waals surface area contributed by atoms with E-state index in [0.29, 0.717) is 16.6 Å². The van der Waals surface area contributed by atoms with Crippen LogP contribution in [0.25, 0.3) is 10.8 Å². The molecule has 0 fully saturated rings. The number of hydrogen-bond donors (Lipinski definition) is 1. The fourth-order valence-corrected chi connectivity index (χ4v) is 3.06. The SMILES string of the molecule is CC(C)n1nccc1NC(=O)[C@@H](C)OC(=O)COc1ccc(Cl)c2ccccc12. The summed E-state index contributed by atoms with van der Waals surface area (Å²) in [4.78, 5) is 24.5. The minimum atomic E-state index is -0.983. The number of carbonyl (C=O) groups excluding carboxylic acids is 2. The Kier molecular flexibility index (Phi) is 6.39. The largest absolute Gasteiger partial charge is 0.481 e. The molecule has 7 nitrogen and oxygen atoms in total. The maximum absolute atomic E-state index is 12.3. The summed E-state index contributed by atoms with van der Waals surface area (Å²) >= 11 is 6.19. The summed E-state index contributed by atoms with van der Waals surface area (Å²) in [5.41, 5.74) is 0. The Morgan fingerprint density at radius 1 is 1.10 bits per heavy atom. The van der Waals surface area contributed by atoms with Crippen LogP contribution in [0.3, 0.4) is 0 Å². The number of benzene rings is 2. The third kappa shape index (κ3) is 4.86. The van der Waals surface area contributed by atoms with Crippen molar-refractivity contribution in [1.82, 2.24) is 9.78 Å². The number of hydrogen-bond acceptors (Lipinski definition) is 5. The van der Waals surface area contributed by atoms with Crippen LogP contribution in [0.5, 0.6) is 5.75 Å². The second-order valence-corrected chi connectivity index (χ2v) is 7.16. The van der Waals surface area contributed by atoms with E-state index in [0.717, 1.165) is 10.8 Å². The van der Waals surface area contributed by atoms with E-state index in [9.17, 15) is 9.59 Å². The highest BCUT2D eigenvalue weighted by Gasteiger charge is 2.20. The molecule has 0 saturated carbocycles. The van der Waals surface area contributed by atoms with E-state index in [2.05, 4.69) is 10.4 Å². The molecular formula is C21H22ClN3O4. The van der Waals surface area contributed by atoms with Crippen molar-refractivity contribution >= 4 is 40.1 Å². The van der Waals surface area contributed by atoms with Crippen LogP contribution in [0.15, 0.2) is 48.7 Å². The first kappa shape index (κ1) is 20.7. The molecule has 1 aromatic heterocycles. The molecule has 2 aromatic carbocycles. The van der Waals surface area contributed by atoms with Crippen LogP contribution in [-0.4, -0.2) is 34.4 Å². The summed E-state index contributed by atoms with van der Waals surface area (Å²) < 4.78 is 12.4. The van der Waals surface area contributed by atoms with Crippen molar-refractivity contribution in [3.8, 4) is 5.75 Å². The smallest absolute Gasteiger partial charge is 0.344 e. The Bertz CT molecular complexity index is 1030. The van der Waals surface area contributed by atoms with Gasteiger partial charge in [-0.25, -0.2) is 9.48 Å². The van der Waals surface area contributed by atoms with Crippen LogP contribution in [0.1, 0.15) is 26.8 Å². The topological polar surface area (TPSA) is 82.5 Å². The Morgan fingerprint density at radius 2 is 1.83 bits per heavy atom. The predicted octanol–water partition coefficient (Wildman–Crippen LogP) is 4.22. The van der Waals surface area contributed by atoms with E-state index in [1.54, 1.807) is 29.1 Å². The predicted molar refractivity (Wildman–Crippen MR) is 111 cm³/mol. The van der Waals surface area contributed by atoms with Crippen molar-refractivity contribution < 1.29 is 19.1 Å². The summed E-state index contributed by atoms with van der Waals surface area (Å²) in [7, 11) is 0. The summed E-state index contributed by atoms with van der Waals surface area (Å²) in [6, 6.07) is 12.6. The van der Waals surface area contributed by atoms with Crippen LogP contribution in [0, 0.1) is 0 Å². The molecule has 0 aliphatic heterocycles. The first-order chi connectivity index (χ1) is 13.9. The highest BCUT2D eigenvalue weighted by Crippen LogP contribution is 2.31. The van der Waals surface area contributed by atoms with E-state index < -0.39 is 18.0 Å². The Labute approximate surface area is 173 Å². The number of anilines is 1. The van der Waals surface area contributed by atoms with E-state index in [1.807, 2.05) is 38.1 Å². The third-order valence-electron chi connectivity index (χ3n) is 4.26. The van der Waals surface area contributed by atoms with Crippen LogP contribution in [0.4, 0.5) is 5.82 Å². The van der Waals surface area contributed by atoms with Crippen LogP contribution >= 0.6 is 11.6 Å². The van der Waals surface area contributed by atoms with E-state index in [4.69, 9.17) is 21.1 Å². The fraction of sp³-hybridized carbons (Fsp3) is 0.286. The molecule has 0 aliphatic rings. The number of carbonyl (C=O) groups is 2. The molecular weight excluding hydrogens is 394 g/mol. The molecule has 29 heavy (non-hydrogen) atoms. The van der Waals surface area contributed by atoms with Gasteiger partial charge >= 0.3 is 5.97 Å². The number of aromatic nitrogens is 2. The summed E-state index contributed by atoms with van der Waals surface area (Å²) in [6.45, 7) is 5.07. The average Bonchev–Trinajstić information content (AvgIpc) is 3.16. The quantitative estimate of drug-likeness (QED) is 0.584. The number of ether oxygens (including phenoxy) is 2. The maximum atomic E-state index is 12.3. The van der Waals surface area contributed by atoms with Gasteiger partial charge in [0.1, 0.15) is 11.6 Å². The van der Waals surface area contributed by atoms with Gasteiger partial charge in [0.25, 0.3) is 5.91 Å². The van der Waals surface area contributed by atoms with Crippen LogP contribution in [0.2, 0.25) is 5.02 Å². The van der Waals surface area contributed by atoms with Gasteiger partial charge < -0.3 is 14.8 Å². The molecule has 0 saturated heterocycles. The molecule has 1 amide bonds. The molecule has 0 spiro atoms. The lowest BCUT2D eigenvalue weighted by Crippen LogP contribution is -2.32. The van der Waals surface area contributed by atoms with Crippen LogP contribution < -0.4 is 10.1 Å². The van der Waals surface area contributed by atoms with Crippen molar-refractivity contribution in [2.24, 2.45) is 0 Å². The van der Waals surface area contributed by atoms with Gasteiger partial charge in [0.05, 0.1) is 6.20 Å². The van der Waals surface area contributed by atoms with E-state index in [-0.39, 0.29) is 12.6 Å². The van der Waals surface area contributed by atoms with Gasteiger partial charge in [0, 0.05) is 27.9 Å². The molecule has 3 aromatic rings. The summed E-state index contributed by atoms with van der Waals surface area (Å²) in [5, 5.41) is 9.08. The second kappa shape index (κ2) is 8.96. The van der Waals surface area contributed by atoms with Gasteiger partial charge in [-0.2, -0.15) is 5.10 Å². The van der Waals surface area contributed by atoms with Crippen molar-refractivity contribution in [3.05, 3.63) is 53.7 Å². The van der Waals surface area contributed by atoms with Crippen molar-refractivity contribution in [2.75, 3.05) is 11.9 Å². The highest BCUT2D eigenvalue weighted by atomic mass is 35.5. The van der Waals surface area contributed by atoms with Crippen molar-refractivity contribution in [3.63, 3.8) is 0 Å². The molecule has 0 radical (unpaired) electrons. The number of fused-ring (bicyclic) bond motifs is 1. The number of nitrogens with zero attached hydrogens (tertiary/aromatic N) is 2. The zero-order valence-electron chi connectivity index (χ0n) is 16.4. The lowest BCUT2D eigenvalue weighted by molar-refractivity contribution is -0.155. The van der Waals surface area contributed by atoms with Crippen molar-refractivity contribution in [1.29, 1.82) is 0 Å². The Hall–Kier alpha value is -3.06. The van der Waals surface area contributed by atoms with Gasteiger partial charge in [-0.1, -0.05) is 35.9 Å². The standard InChI is InChI=1S/C21H22ClN3O4/c1-13(2)25-19(10-11-23-25)24-21(27)14(3)29-20(26)12-28-18-9-8-17(22)15-6-4-5-7-16(15)18/h4-11,13-14H,12H2,1-3H3,(H,24,27)/t14-/m1/s1. The number of halogens is 1. The van der Waals surface area contributed by atoms with E-state index >= 15 is 0 Å². The molecule has 0 bridgehead atoms. The number of rotatable bonds is 7. The lowest BCUT2D eigenvalue weighted by Gasteiger charge is -2.16. The third-order valence-corrected chi connectivity index (χ3v) is 4.59. The summed E-state index contributed by atoms with van der Waals surface area (Å²) in [6.07, 6.45) is 0.611. The minimum absolute atomic E-state index is 0.0840. The van der Waals surface area contributed by atoms with Gasteiger partial charge in [-0.3, -0.25) is 4.79 Å². The first-order valence-corrected chi connectivity index (χ1v) is 9.58. The maximum Gasteiger partial charge on any atom is 0.344 e. The molecule has 0 aliphatic carbocycles. The average molecular weight is 416 g/mol. The first-order valence-electron chi connectivity index (χ1n) is 9.20. The number of amides is 1. The second-order valence-electron chi connectivity index (χ2n) is 6.76. The molecule has 152 valence electrons. The van der Waals surface area contributed by atoms with Gasteiger partial charge in [0.15, 0.2) is 12.7 Å². The zero-order valence-corrected chi connectivity index (χ0v) is 17.1. The minimum Gasteiger partial charge on any atom is -0.481 e. The Balaban J connectivity index is 1.57. The van der Waals surface area contributed by atoms with E-state index in [1.165, 1.54) is 6.92 Å². The fourth-order valence-electron chi connectivity index (χ4n) is 2.83. The molecule has 1 N–H and O–H groups in total. The highest BCUT2D eigenvalue weighted by molar-refractivity contribution is 6.35. The lowest BCUT2D eigenvalue weighted by atomic mass is 10.1. The molecule has 1 heterocycles. The van der Waals surface area contributed by atoms with Gasteiger partial charge in [-0.15, -0.1) is 0 Å². The zero-order chi connectivity index (χ0) is 21.0. The van der Waals surface area contributed by atoms with Crippen molar-refractivity contribution in [2.45, 2.75) is 32.9 Å². The normalized spacial score (nSPS) is 12.0. The molecule has 0 unspecified atom stereocenters. The van der Waals surface area contributed by atoms with Crippen LogP contribution in [-0.2, 0) is 14.3 Å². The number of esters is 1. The monoisotopic (exact) mass is 415 g/mol.